The van der Waals surface area contributed by atoms with E-state index < -0.39 is 0 Å². The molecule has 31 heavy (non-hydrogen) atoms. The molecule has 3 aromatic rings. The molecule has 0 unspecified atom stereocenters. The van der Waals surface area contributed by atoms with Crippen LogP contribution in [-0.2, 0) is 4.79 Å². The van der Waals surface area contributed by atoms with Gasteiger partial charge in [-0.2, -0.15) is 0 Å². The molecule has 1 aliphatic heterocycles. The minimum absolute atomic E-state index is 0.111. The van der Waals surface area contributed by atoms with E-state index in [0.29, 0.717) is 6.04 Å². The summed E-state index contributed by atoms with van der Waals surface area (Å²) in [6.07, 6.45) is 6.83. The molecule has 1 aliphatic carbocycles. The number of piperidine rings is 1. The van der Waals surface area contributed by atoms with Crippen LogP contribution in [0.25, 0.3) is 11.0 Å². The van der Waals surface area contributed by atoms with E-state index in [4.69, 9.17) is 4.98 Å². The van der Waals surface area contributed by atoms with Crippen LogP contribution in [0.5, 0.6) is 0 Å². The Kier molecular flexibility index (Phi) is 5.64. The number of likely N-dealkylation sites (tertiary alicyclic amines) is 1. The molecule has 0 bridgehead atoms. The van der Waals surface area contributed by atoms with Gasteiger partial charge in [-0.25, -0.2) is 4.98 Å². The Morgan fingerprint density at radius 3 is 2.35 bits per heavy atom. The van der Waals surface area contributed by atoms with Crippen LogP contribution < -0.4 is 10.6 Å². The summed E-state index contributed by atoms with van der Waals surface area (Å²) in [6, 6.07) is 16.8. The van der Waals surface area contributed by atoms with Gasteiger partial charge in [0.05, 0.1) is 11.0 Å². The van der Waals surface area contributed by atoms with Gasteiger partial charge in [-0.15, -0.1) is 0 Å². The number of carbonyl (C=O) groups is 1. The zero-order chi connectivity index (χ0) is 21.2. The van der Waals surface area contributed by atoms with Gasteiger partial charge in [0.2, 0.25) is 11.9 Å². The monoisotopic (exact) mass is 417 g/mol. The predicted octanol–water partition coefficient (Wildman–Crippen LogP) is 5.18. The first-order chi connectivity index (χ1) is 15.2. The van der Waals surface area contributed by atoms with Crippen molar-refractivity contribution in [3.8, 4) is 0 Å². The van der Waals surface area contributed by atoms with Gasteiger partial charge in [0.25, 0.3) is 0 Å². The molecule has 6 nitrogen and oxygen atoms in total. The number of anilines is 3. The number of rotatable bonds is 5. The molecule has 1 aromatic heterocycles. The van der Waals surface area contributed by atoms with E-state index in [1.165, 1.54) is 31.2 Å². The molecule has 2 fully saturated rings. The highest BCUT2D eigenvalue weighted by Crippen LogP contribution is 2.36. The van der Waals surface area contributed by atoms with Gasteiger partial charge in [0.1, 0.15) is 0 Å². The third-order valence-electron chi connectivity index (χ3n) is 6.78. The van der Waals surface area contributed by atoms with Crippen LogP contribution in [0, 0.1) is 5.92 Å². The Morgan fingerprint density at radius 1 is 0.935 bits per heavy atom. The molecule has 162 valence electrons. The number of aromatic nitrogens is 2. The molecule has 0 spiro atoms. The zero-order valence-electron chi connectivity index (χ0n) is 18.2. The van der Waals surface area contributed by atoms with Crippen molar-refractivity contribution in [1.82, 2.24) is 14.5 Å². The molecule has 2 aromatic carbocycles. The molecule has 0 atom stereocenters. The largest absolute Gasteiger partial charge is 0.326 e. The Bertz CT molecular complexity index is 1040. The van der Waals surface area contributed by atoms with Gasteiger partial charge < -0.3 is 20.1 Å². The van der Waals surface area contributed by atoms with Crippen LogP contribution in [0.1, 0.15) is 44.6 Å². The average Bonchev–Trinajstić information content (AvgIpc) is 3.43. The number of benzene rings is 2. The number of amides is 1. The highest BCUT2D eigenvalue weighted by molar-refractivity contribution is 5.92. The van der Waals surface area contributed by atoms with E-state index in [1.54, 1.807) is 0 Å². The van der Waals surface area contributed by atoms with Gasteiger partial charge in [-0.05, 0) is 82.2 Å². The number of hydrogen-bond acceptors (Lipinski definition) is 4. The maximum absolute atomic E-state index is 12.6. The number of hydrogen-bond donors (Lipinski definition) is 2. The van der Waals surface area contributed by atoms with Crippen molar-refractivity contribution >= 4 is 34.3 Å². The van der Waals surface area contributed by atoms with E-state index >= 15 is 0 Å². The number of para-hydroxylation sites is 2. The minimum Gasteiger partial charge on any atom is -0.326 e. The zero-order valence-corrected chi connectivity index (χ0v) is 18.2. The van der Waals surface area contributed by atoms with Crippen molar-refractivity contribution in [2.45, 2.75) is 44.6 Å². The summed E-state index contributed by atoms with van der Waals surface area (Å²) in [4.78, 5) is 19.7. The number of carbonyl (C=O) groups excluding carboxylic acids is 1. The van der Waals surface area contributed by atoms with Gasteiger partial charge in [0, 0.05) is 23.3 Å². The second-order valence-electron chi connectivity index (χ2n) is 9.00. The fourth-order valence-electron chi connectivity index (χ4n) is 4.95. The lowest BCUT2D eigenvalue weighted by Crippen LogP contribution is -2.35. The van der Waals surface area contributed by atoms with Gasteiger partial charge >= 0.3 is 0 Å². The molecule has 1 saturated heterocycles. The molecule has 5 rings (SSSR count). The topological polar surface area (TPSA) is 62.2 Å². The Morgan fingerprint density at radius 2 is 1.61 bits per heavy atom. The minimum atomic E-state index is 0.111. The third kappa shape index (κ3) is 4.30. The van der Waals surface area contributed by atoms with Gasteiger partial charge in [-0.1, -0.05) is 25.0 Å². The van der Waals surface area contributed by atoms with E-state index in [9.17, 15) is 4.79 Å². The van der Waals surface area contributed by atoms with Crippen LogP contribution in [0.3, 0.4) is 0 Å². The molecule has 1 saturated carbocycles. The molecule has 1 amide bonds. The third-order valence-corrected chi connectivity index (χ3v) is 6.78. The Balaban J connectivity index is 1.30. The van der Waals surface area contributed by atoms with Crippen molar-refractivity contribution in [3.63, 3.8) is 0 Å². The highest BCUT2D eigenvalue weighted by Gasteiger charge is 2.24. The second kappa shape index (κ2) is 8.71. The van der Waals surface area contributed by atoms with Crippen LogP contribution in [0.15, 0.2) is 48.5 Å². The first kappa shape index (κ1) is 20.1. The first-order valence-corrected chi connectivity index (χ1v) is 11.5. The smallest absolute Gasteiger partial charge is 0.227 e. The van der Waals surface area contributed by atoms with Crippen LogP contribution in [0.4, 0.5) is 17.3 Å². The summed E-state index contributed by atoms with van der Waals surface area (Å²) in [7, 11) is 2.11. The van der Waals surface area contributed by atoms with E-state index in [0.717, 1.165) is 48.8 Å². The van der Waals surface area contributed by atoms with Crippen molar-refractivity contribution in [1.29, 1.82) is 0 Å². The average molecular weight is 418 g/mol. The molecule has 0 radical (unpaired) electrons. The van der Waals surface area contributed by atoms with E-state index in [2.05, 4.69) is 45.3 Å². The molecular formula is C25H31N5O. The standard InChI is InChI=1S/C25H31N5O/c1-29-16-14-18(15-17-29)24(31)26-19-10-12-20(13-11-19)27-25-28-22-8-4-5-9-23(22)30(25)21-6-2-3-7-21/h4-5,8-13,18,21H,2-3,6-7,14-17H2,1H3,(H,26,31)(H,27,28). The van der Waals surface area contributed by atoms with Crippen LogP contribution in [0.2, 0.25) is 0 Å². The van der Waals surface area contributed by atoms with Crippen molar-refractivity contribution in [2.75, 3.05) is 30.8 Å². The summed E-state index contributed by atoms with van der Waals surface area (Å²) < 4.78 is 2.37. The molecule has 2 heterocycles. The summed E-state index contributed by atoms with van der Waals surface area (Å²) in [5.41, 5.74) is 4.04. The number of nitrogens with one attached hydrogen (secondary N) is 2. The normalized spacial score (nSPS) is 18.5. The maximum atomic E-state index is 12.6. The summed E-state index contributed by atoms with van der Waals surface area (Å²) in [5, 5.41) is 6.61. The SMILES string of the molecule is CN1CCC(C(=O)Nc2ccc(Nc3nc4ccccc4n3C3CCCC3)cc2)CC1. The van der Waals surface area contributed by atoms with Crippen molar-refractivity contribution < 1.29 is 4.79 Å². The van der Waals surface area contributed by atoms with Crippen LogP contribution in [-0.4, -0.2) is 40.5 Å². The van der Waals surface area contributed by atoms with Crippen molar-refractivity contribution in [2.24, 2.45) is 5.92 Å². The fraction of sp³-hybridized carbons (Fsp3) is 0.440. The number of fused-ring (bicyclic) bond motifs is 1. The Hall–Kier alpha value is -2.86. The van der Waals surface area contributed by atoms with E-state index in [-0.39, 0.29) is 11.8 Å². The second-order valence-corrected chi connectivity index (χ2v) is 9.00. The summed E-state index contributed by atoms with van der Waals surface area (Å²) >= 11 is 0. The lowest BCUT2D eigenvalue weighted by molar-refractivity contribution is -0.121. The first-order valence-electron chi connectivity index (χ1n) is 11.5. The molecule has 2 N–H and O–H groups in total. The number of nitrogens with zero attached hydrogens (tertiary/aromatic N) is 3. The van der Waals surface area contributed by atoms with Crippen LogP contribution >= 0.6 is 0 Å². The lowest BCUT2D eigenvalue weighted by atomic mass is 9.96. The molecule has 2 aliphatic rings. The molecular weight excluding hydrogens is 386 g/mol. The van der Waals surface area contributed by atoms with E-state index in [1.807, 2.05) is 30.3 Å². The lowest BCUT2D eigenvalue weighted by Gasteiger charge is -2.28. The highest BCUT2D eigenvalue weighted by atomic mass is 16.1. The van der Waals surface area contributed by atoms with Gasteiger partial charge in [-0.3, -0.25) is 4.79 Å². The fourth-order valence-corrected chi connectivity index (χ4v) is 4.95. The number of imidazole rings is 1. The summed E-state index contributed by atoms with van der Waals surface area (Å²) in [6.45, 7) is 1.98. The Labute approximate surface area is 183 Å². The molecule has 6 heteroatoms. The van der Waals surface area contributed by atoms with Gasteiger partial charge in [0.15, 0.2) is 0 Å². The quantitative estimate of drug-likeness (QED) is 0.601. The predicted molar refractivity (Wildman–Crippen MR) is 126 cm³/mol. The van der Waals surface area contributed by atoms with Crippen molar-refractivity contribution in [3.05, 3.63) is 48.5 Å². The maximum Gasteiger partial charge on any atom is 0.227 e. The summed E-state index contributed by atoms with van der Waals surface area (Å²) in [5.74, 6) is 1.15.